The van der Waals surface area contributed by atoms with Crippen LogP contribution in [-0.4, -0.2) is 84.6 Å². The predicted octanol–water partition coefficient (Wildman–Crippen LogP) is 1.92. The highest BCUT2D eigenvalue weighted by atomic mass is 32.2. The number of rotatable bonds is 14. The summed E-state index contributed by atoms with van der Waals surface area (Å²) in [6.07, 6.45) is -2.69. The number of nitrogens with one attached hydrogen (secondary N) is 1. The summed E-state index contributed by atoms with van der Waals surface area (Å²) < 4.78 is 55.0. The van der Waals surface area contributed by atoms with Crippen molar-refractivity contribution in [3.05, 3.63) is 54.1 Å². The standard InChI is InChI=1S/C26H38N3O10PS/c1-18(2)14-29(41(35,36)23-9-5-20(27)6-10-23)15-25(30)24(28-26(31)39-22-11-12-37-16-22)13-19-3-7-21(8-4-19)38-17-40(32,33)34/h3-10,18,22,24-25,30H,11-17,27H2,1-2H3,(H,28,31)(H2,32,33,34)/t22-,24-,25+/m0/s1. The van der Waals surface area contributed by atoms with Crippen LogP contribution in [0.1, 0.15) is 25.8 Å². The summed E-state index contributed by atoms with van der Waals surface area (Å²) in [7, 11) is -8.36. The molecule has 3 rings (SSSR count). The predicted molar refractivity (Wildman–Crippen MR) is 151 cm³/mol. The average molecular weight is 616 g/mol. The fourth-order valence-corrected chi connectivity index (χ4v) is 6.10. The molecular formula is C26H38N3O10PS. The number of sulfonamides is 1. The molecule has 1 fully saturated rings. The van der Waals surface area contributed by atoms with Crippen LogP contribution in [0, 0.1) is 5.92 Å². The van der Waals surface area contributed by atoms with Crippen molar-refractivity contribution < 1.29 is 46.9 Å². The lowest BCUT2D eigenvalue weighted by atomic mass is 10.0. The lowest BCUT2D eigenvalue weighted by Gasteiger charge is -2.30. The summed E-state index contributed by atoms with van der Waals surface area (Å²) >= 11 is 0. The molecule has 0 unspecified atom stereocenters. The van der Waals surface area contributed by atoms with Gasteiger partial charge in [-0.05, 0) is 54.3 Å². The average Bonchev–Trinajstić information content (AvgIpc) is 3.40. The molecule has 6 N–H and O–H groups in total. The van der Waals surface area contributed by atoms with Crippen LogP contribution >= 0.6 is 7.60 Å². The number of aliphatic hydroxyl groups excluding tert-OH is 1. The van der Waals surface area contributed by atoms with Gasteiger partial charge in [-0.15, -0.1) is 0 Å². The van der Waals surface area contributed by atoms with E-state index >= 15 is 0 Å². The quantitative estimate of drug-likeness (QED) is 0.154. The van der Waals surface area contributed by atoms with Crippen LogP contribution in [-0.2, 0) is 30.5 Å². The highest BCUT2D eigenvalue weighted by Crippen LogP contribution is 2.34. The van der Waals surface area contributed by atoms with Gasteiger partial charge in [-0.25, -0.2) is 13.2 Å². The number of aliphatic hydroxyl groups is 1. The normalized spacial score (nSPS) is 17.4. The van der Waals surface area contributed by atoms with Crippen LogP contribution in [0.2, 0.25) is 0 Å². The molecule has 1 aliphatic rings. The van der Waals surface area contributed by atoms with Gasteiger partial charge in [0.25, 0.3) is 0 Å². The van der Waals surface area contributed by atoms with Gasteiger partial charge in [0.05, 0.1) is 30.3 Å². The minimum atomic E-state index is -4.36. The van der Waals surface area contributed by atoms with E-state index in [4.69, 9.17) is 29.7 Å². The molecule has 0 saturated carbocycles. The van der Waals surface area contributed by atoms with Gasteiger partial charge >= 0.3 is 13.7 Å². The van der Waals surface area contributed by atoms with Crippen molar-refractivity contribution in [2.75, 3.05) is 38.4 Å². The number of anilines is 1. The van der Waals surface area contributed by atoms with E-state index < -0.39 is 48.3 Å². The molecule has 2 aromatic rings. The number of carbonyl (C=O) groups excluding carboxylic acids is 1. The smallest absolute Gasteiger partial charge is 0.407 e. The van der Waals surface area contributed by atoms with Gasteiger partial charge in [-0.3, -0.25) is 4.57 Å². The third-order valence-corrected chi connectivity index (χ3v) is 8.50. The first kappa shape index (κ1) is 32.8. The van der Waals surface area contributed by atoms with Gasteiger partial charge in [-0.2, -0.15) is 4.31 Å². The summed E-state index contributed by atoms with van der Waals surface area (Å²) in [6, 6.07) is 11.0. The minimum Gasteiger partial charge on any atom is -0.481 e. The Morgan fingerprint density at radius 2 is 1.80 bits per heavy atom. The second-order valence-corrected chi connectivity index (χ2v) is 13.8. The summed E-state index contributed by atoms with van der Waals surface area (Å²) in [5.41, 5.74) is 6.77. The van der Waals surface area contributed by atoms with Gasteiger partial charge in [0.1, 0.15) is 11.9 Å². The highest BCUT2D eigenvalue weighted by molar-refractivity contribution is 7.89. The Kier molecular flexibility index (Phi) is 11.6. The van der Waals surface area contributed by atoms with E-state index in [1.54, 1.807) is 12.1 Å². The van der Waals surface area contributed by atoms with E-state index in [9.17, 15) is 22.9 Å². The number of nitrogens with zero attached hydrogens (tertiary/aromatic N) is 1. The largest absolute Gasteiger partial charge is 0.481 e. The number of nitrogens with two attached hydrogens (primary N) is 1. The number of amides is 1. The Labute approximate surface area is 239 Å². The van der Waals surface area contributed by atoms with Crippen molar-refractivity contribution in [2.45, 2.75) is 49.8 Å². The van der Waals surface area contributed by atoms with Crippen LogP contribution in [0.5, 0.6) is 5.75 Å². The van der Waals surface area contributed by atoms with Crippen molar-refractivity contribution in [3.8, 4) is 5.75 Å². The van der Waals surface area contributed by atoms with E-state index in [1.165, 1.54) is 40.7 Å². The van der Waals surface area contributed by atoms with Gasteiger partial charge in [-0.1, -0.05) is 26.0 Å². The number of hydrogen-bond acceptors (Lipinski definition) is 9. The molecule has 228 valence electrons. The van der Waals surface area contributed by atoms with Crippen LogP contribution in [0.4, 0.5) is 10.5 Å². The van der Waals surface area contributed by atoms with Crippen LogP contribution < -0.4 is 15.8 Å². The van der Waals surface area contributed by atoms with Crippen molar-refractivity contribution in [1.29, 1.82) is 0 Å². The van der Waals surface area contributed by atoms with Crippen LogP contribution in [0.15, 0.2) is 53.4 Å². The molecule has 1 heterocycles. The maximum atomic E-state index is 13.5. The fourth-order valence-electron chi connectivity index (χ4n) is 4.16. The number of benzene rings is 2. The Balaban J connectivity index is 1.80. The van der Waals surface area contributed by atoms with Gasteiger partial charge < -0.3 is 40.2 Å². The molecular weight excluding hydrogens is 577 g/mol. The lowest BCUT2D eigenvalue weighted by Crippen LogP contribution is -2.51. The number of ether oxygens (including phenoxy) is 3. The molecule has 3 atom stereocenters. The molecule has 0 spiro atoms. The Hall–Kier alpha value is -2.71. The molecule has 1 aliphatic heterocycles. The number of carbonyl (C=O) groups is 1. The topological polar surface area (TPSA) is 198 Å². The van der Waals surface area contributed by atoms with Gasteiger partial charge in [0.2, 0.25) is 10.0 Å². The van der Waals surface area contributed by atoms with E-state index in [0.29, 0.717) is 24.3 Å². The van der Waals surface area contributed by atoms with E-state index in [2.05, 4.69) is 5.32 Å². The number of nitrogen functional groups attached to an aromatic ring is 1. The van der Waals surface area contributed by atoms with E-state index in [0.717, 1.165) is 0 Å². The third-order valence-electron chi connectivity index (χ3n) is 6.19. The van der Waals surface area contributed by atoms with Crippen molar-refractivity contribution in [1.82, 2.24) is 9.62 Å². The molecule has 0 radical (unpaired) electrons. The summed E-state index contributed by atoms with van der Waals surface area (Å²) in [6.45, 7) is 4.24. The lowest BCUT2D eigenvalue weighted by molar-refractivity contribution is 0.0644. The molecule has 0 aliphatic carbocycles. The van der Waals surface area contributed by atoms with Crippen molar-refractivity contribution in [2.24, 2.45) is 5.92 Å². The van der Waals surface area contributed by atoms with Gasteiger partial charge in [0.15, 0.2) is 6.35 Å². The van der Waals surface area contributed by atoms with E-state index in [1.807, 2.05) is 13.8 Å². The zero-order valence-corrected chi connectivity index (χ0v) is 24.7. The monoisotopic (exact) mass is 615 g/mol. The van der Waals surface area contributed by atoms with Crippen LogP contribution in [0.3, 0.4) is 0 Å². The summed E-state index contributed by atoms with van der Waals surface area (Å²) in [5, 5.41) is 14.0. The number of hydrogen-bond donors (Lipinski definition) is 5. The Bertz CT molecular complexity index is 1280. The van der Waals surface area contributed by atoms with E-state index in [-0.39, 0.29) is 42.7 Å². The second-order valence-electron chi connectivity index (χ2n) is 10.3. The Morgan fingerprint density at radius 3 is 2.37 bits per heavy atom. The minimum absolute atomic E-state index is 0.0237. The third kappa shape index (κ3) is 10.6. The molecule has 0 bridgehead atoms. The zero-order valence-electron chi connectivity index (χ0n) is 23.0. The van der Waals surface area contributed by atoms with Gasteiger partial charge in [0, 0.05) is 25.2 Å². The summed E-state index contributed by atoms with van der Waals surface area (Å²) in [4.78, 5) is 30.8. The molecule has 15 heteroatoms. The van der Waals surface area contributed by atoms with Crippen molar-refractivity contribution in [3.63, 3.8) is 0 Å². The molecule has 1 saturated heterocycles. The first-order valence-electron chi connectivity index (χ1n) is 13.1. The van der Waals surface area contributed by atoms with Crippen LogP contribution in [0.25, 0.3) is 0 Å². The maximum Gasteiger partial charge on any atom is 0.407 e. The highest BCUT2D eigenvalue weighted by Gasteiger charge is 2.32. The molecule has 41 heavy (non-hydrogen) atoms. The zero-order chi connectivity index (χ0) is 30.2. The Morgan fingerprint density at radius 1 is 1.15 bits per heavy atom. The van der Waals surface area contributed by atoms with Crippen molar-refractivity contribution >= 4 is 29.4 Å². The second kappa shape index (κ2) is 14.5. The first-order chi connectivity index (χ1) is 19.2. The molecule has 13 nitrogen and oxygen atoms in total. The first-order valence-corrected chi connectivity index (χ1v) is 16.3. The SMILES string of the molecule is CC(C)CN(C[C@@H](O)[C@H](Cc1ccc(OCP(=O)(O)O)cc1)NC(=O)O[C@H]1CCOC1)S(=O)(=O)c1ccc(N)cc1. The molecule has 1 amide bonds. The summed E-state index contributed by atoms with van der Waals surface area (Å²) in [5.74, 6) is 0.158. The maximum absolute atomic E-state index is 13.5. The molecule has 0 aromatic heterocycles. The molecule has 2 aromatic carbocycles. The number of alkyl carbamates (subject to hydrolysis) is 1. The fraction of sp³-hybridized carbons (Fsp3) is 0.500.